The van der Waals surface area contributed by atoms with Gasteiger partial charge in [-0.15, -0.1) is 0 Å². The number of halogens is 2. The summed E-state index contributed by atoms with van der Waals surface area (Å²) in [7, 11) is 0. The molecule has 0 aromatic heterocycles. The van der Waals surface area contributed by atoms with E-state index in [0.29, 0.717) is 24.8 Å². The molecule has 0 saturated carbocycles. The van der Waals surface area contributed by atoms with E-state index in [-0.39, 0.29) is 17.2 Å². The Hall–Kier alpha value is -0.970. The molecule has 0 spiro atoms. The summed E-state index contributed by atoms with van der Waals surface area (Å²) in [5, 5.41) is 0.0451. The number of Topliss-reactive ketones (excluding diaryl/α,β-unsaturated/α-hetero) is 1. The Labute approximate surface area is 123 Å². The Morgan fingerprint density at radius 2 is 2.30 bits per heavy atom. The fraction of sp³-hybridized carbons (Fsp3) is 0.533. The van der Waals surface area contributed by atoms with Crippen molar-refractivity contribution >= 4 is 17.4 Å². The van der Waals surface area contributed by atoms with E-state index in [1.54, 1.807) is 12.1 Å². The quantitative estimate of drug-likeness (QED) is 0.856. The van der Waals surface area contributed by atoms with Crippen LogP contribution in [-0.4, -0.2) is 42.5 Å². The summed E-state index contributed by atoms with van der Waals surface area (Å²) in [4.78, 5) is 14.4. The molecule has 1 aromatic carbocycles. The summed E-state index contributed by atoms with van der Waals surface area (Å²) < 4.78 is 19.3. The van der Waals surface area contributed by atoms with Gasteiger partial charge in [0.25, 0.3) is 0 Å². The third-order valence-electron chi connectivity index (χ3n) is 3.58. The second-order valence-electron chi connectivity index (χ2n) is 5.30. The Bertz CT molecular complexity index is 493. The molecule has 0 radical (unpaired) electrons. The second kappa shape index (κ2) is 6.66. The van der Waals surface area contributed by atoms with Crippen molar-refractivity contribution in [2.24, 2.45) is 0 Å². The summed E-state index contributed by atoms with van der Waals surface area (Å²) in [5.41, 5.74) is 0.327. The highest BCUT2D eigenvalue weighted by atomic mass is 35.5. The number of carbonyl (C=O) groups excluding carboxylic acids is 1. The number of ketones is 1. The average molecular weight is 300 g/mol. The van der Waals surface area contributed by atoms with E-state index < -0.39 is 11.9 Å². The third-order valence-corrected chi connectivity index (χ3v) is 3.88. The molecule has 20 heavy (non-hydrogen) atoms. The highest BCUT2D eigenvalue weighted by Crippen LogP contribution is 2.19. The van der Waals surface area contributed by atoms with Gasteiger partial charge in [0.2, 0.25) is 0 Å². The van der Waals surface area contributed by atoms with Crippen LogP contribution in [-0.2, 0) is 16.0 Å². The number of morpholine rings is 1. The van der Waals surface area contributed by atoms with Crippen LogP contribution < -0.4 is 0 Å². The molecular formula is C15H19ClFNO2. The van der Waals surface area contributed by atoms with E-state index in [1.807, 2.05) is 0 Å². The number of hydrogen-bond donors (Lipinski definition) is 0. The topological polar surface area (TPSA) is 29.5 Å². The van der Waals surface area contributed by atoms with Crippen molar-refractivity contribution in [2.45, 2.75) is 32.4 Å². The molecule has 1 aliphatic rings. The number of ether oxygens (including phenoxy) is 1. The zero-order valence-electron chi connectivity index (χ0n) is 11.7. The average Bonchev–Trinajstić information content (AvgIpc) is 2.44. The summed E-state index contributed by atoms with van der Waals surface area (Å²) in [6, 6.07) is 5.08. The Kier molecular flexibility index (Phi) is 5.13. The Morgan fingerprint density at radius 3 is 3.00 bits per heavy atom. The van der Waals surface area contributed by atoms with Gasteiger partial charge in [0.15, 0.2) is 5.78 Å². The van der Waals surface area contributed by atoms with E-state index in [1.165, 1.54) is 6.07 Å². The Balaban J connectivity index is 2.03. The van der Waals surface area contributed by atoms with Gasteiger partial charge < -0.3 is 4.74 Å². The van der Waals surface area contributed by atoms with E-state index in [9.17, 15) is 9.18 Å². The Morgan fingerprint density at radius 1 is 1.55 bits per heavy atom. The maximum absolute atomic E-state index is 13.8. The second-order valence-corrected chi connectivity index (χ2v) is 5.71. The van der Waals surface area contributed by atoms with Crippen LogP contribution in [0.1, 0.15) is 19.4 Å². The van der Waals surface area contributed by atoms with E-state index in [2.05, 4.69) is 18.7 Å². The maximum Gasteiger partial charge on any atom is 0.167 e. The lowest BCUT2D eigenvalue weighted by Crippen LogP contribution is -2.49. The third kappa shape index (κ3) is 3.57. The van der Waals surface area contributed by atoms with Gasteiger partial charge in [-0.1, -0.05) is 23.7 Å². The van der Waals surface area contributed by atoms with Gasteiger partial charge in [-0.05, 0) is 25.5 Å². The molecule has 0 amide bonds. The standard InChI is InChI=1S/C15H19ClFNO2/c1-10(2)18-6-7-20-14(9-18)13(19)8-11-4-3-5-12(16)15(11)17/h3-5,10,14H,6-9H2,1-2H3. The van der Waals surface area contributed by atoms with Crippen LogP contribution in [0, 0.1) is 5.82 Å². The highest BCUT2D eigenvalue weighted by molar-refractivity contribution is 6.30. The maximum atomic E-state index is 13.8. The molecule has 110 valence electrons. The first-order valence-corrected chi connectivity index (χ1v) is 7.18. The minimum absolute atomic E-state index is 0.0169. The van der Waals surface area contributed by atoms with Crippen LogP contribution in [0.2, 0.25) is 5.02 Å². The minimum atomic E-state index is -0.515. The number of rotatable bonds is 4. The van der Waals surface area contributed by atoms with Crippen LogP contribution in [0.5, 0.6) is 0 Å². The van der Waals surface area contributed by atoms with E-state index >= 15 is 0 Å². The molecule has 1 atom stereocenters. The molecule has 1 saturated heterocycles. The lowest BCUT2D eigenvalue weighted by Gasteiger charge is -2.34. The van der Waals surface area contributed by atoms with Crippen LogP contribution >= 0.6 is 11.6 Å². The molecule has 3 nitrogen and oxygen atoms in total. The van der Waals surface area contributed by atoms with Gasteiger partial charge in [-0.2, -0.15) is 0 Å². The van der Waals surface area contributed by atoms with Gasteiger partial charge in [0.1, 0.15) is 11.9 Å². The first-order chi connectivity index (χ1) is 9.49. The normalized spacial score (nSPS) is 20.4. The van der Waals surface area contributed by atoms with Crippen LogP contribution in [0.25, 0.3) is 0 Å². The largest absolute Gasteiger partial charge is 0.368 e. The van der Waals surface area contributed by atoms with Crippen LogP contribution in [0.3, 0.4) is 0 Å². The minimum Gasteiger partial charge on any atom is -0.368 e. The summed E-state index contributed by atoms with van der Waals surface area (Å²) >= 11 is 5.72. The van der Waals surface area contributed by atoms with Crippen molar-refractivity contribution in [1.29, 1.82) is 0 Å². The predicted octanol–water partition coefficient (Wildman–Crippen LogP) is 2.70. The van der Waals surface area contributed by atoms with Crippen LogP contribution in [0.15, 0.2) is 18.2 Å². The molecule has 1 aliphatic heterocycles. The fourth-order valence-corrected chi connectivity index (χ4v) is 2.51. The summed E-state index contributed by atoms with van der Waals surface area (Å²) in [6.07, 6.45) is -0.465. The van der Waals surface area contributed by atoms with Crippen molar-refractivity contribution in [3.8, 4) is 0 Å². The van der Waals surface area contributed by atoms with Gasteiger partial charge in [-0.25, -0.2) is 4.39 Å². The zero-order valence-corrected chi connectivity index (χ0v) is 12.5. The first kappa shape index (κ1) is 15.4. The van der Waals surface area contributed by atoms with Crippen molar-refractivity contribution < 1.29 is 13.9 Å². The molecule has 0 aliphatic carbocycles. The predicted molar refractivity (Wildman–Crippen MR) is 76.6 cm³/mol. The van der Waals surface area contributed by atoms with Crippen molar-refractivity contribution in [2.75, 3.05) is 19.7 Å². The number of hydrogen-bond acceptors (Lipinski definition) is 3. The number of carbonyl (C=O) groups is 1. The zero-order chi connectivity index (χ0) is 14.7. The molecule has 5 heteroatoms. The fourth-order valence-electron chi connectivity index (χ4n) is 2.32. The monoisotopic (exact) mass is 299 g/mol. The smallest absolute Gasteiger partial charge is 0.167 e. The molecule has 0 N–H and O–H groups in total. The van der Waals surface area contributed by atoms with Crippen molar-refractivity contribution in [3.63, 3.8) is 0 Å². The summed E-state index contributed by atoms with van der Waals surface area (Å²) in [5.74, 6) is -0.615. The molecular weight excluding hydrogens is 281 g/mol. The molecule has 0 bridgehead atoms. The number of benzene rings is 1. The molecule has 1 unspecified atom stereocenters. The summed E-state index contributed by atoms with van der Waals surface area (Å²) in [6.45, 7) is 6.10. The molecule has 1 aromatic rings. The van der Waals surface area contributed by atoms with E-state index in [0.717, 1.165) is 6.54 Å². The van der Waals surface area contributed by atoms with E-state index in [4.69, 9.17) is 16.3 Å². The SMILES string of the molecule is CC(C)N1CCOC(C(=O)Cc2cccc(Cl)c2F)C1. The molecule has 2 rings (SSSR count). The lowest BCUT2D eigenvalue weighted by molar-refractivity contribution is -0.136. The van der Waals surface area contributed by atoms with Gasteiger partial charge in [0.05, 0.1) is 11.6 Å². The lowest BCUT2D eigenvalue weighted by atomic mass is 10.0. The molecule has 1 heterocycles. The van der Waals surface area contributed by atoms with Gasteiger partial charge >= 0.3 is 0 Å². The number of nitrogens with zero attached hydrogens (tertiary/aromatic N) is 1. The van der Waals surface area contributed by atoms with Crippen molar-refractivity contribution in [1.82, 2.24) is 4.90 Å². The first-order valence-electron chi connectivity index (χ1n) is 6.80. The van der Waals surface area contributed by atoms with Gasteiger partial charge in [-0.3, -0.25) is 9.69 Å². The molecule has 1 fully saturated rings. The highest BCUT2D eigenvalue weighted by Gasteiger charge is 2.28. The van der Waals surface area contributed by atoms with Gasteiger partial charge in [0, 0.05) is 25.6 Å². The van der Waals surface area contributed by atoms with Crippen molar-refractivity contribution in [3.05, 3.63) is 34.6 Å². The van der Waals surface area contributed by atoms with Crippen LogP contribution in [0.4, 0.5) is 4.39 Å².